The summed E-state index contributed by atoms with van der Waals surface area (Å²) >= 11 is 0. The fourth-order valence-electron chi connectivity index (χ4n) is 4.35. The Kier molecular flexibility index (Phi) is 4.36. The van der Waals surface area contributed by atoms with E-state index in [0.29, 0.717) is 25.9 Å². The minimum atomic E-state index is -0.859. The van der Waals surface area contributed by atoms with Gasteiger partial charge in [-0.15, -0.1) is 0 Å². The molecule has 8 nitrogen and oxygen atoms in total. The Hall–Kier alpha value is -2.90. The van der Waals surface area contributed by atoms with E-state index in [9.17, 15) is 14.4 Å². The highest BCUT2D eigenvalue weighted by Gasteiger charge is 2.51. The molecule has 4 rings (SSSR count). The van der Waals surface area contributed by atoms with Gasteiger partial charge in [-0.25, -0.2) is 9.78 Å². The fourth-order valence-corrected chi connectivity index (χ4v) is 4.35. The third-order valence-electron chi connectivity index (χ3n) is 6.02. The van der Waals surface area contributed by atoms with Crippen LogP contribution in [0.1, 0.15) is 38.6 Å². The standard InChI is InChI=1S/C20H25N5O3/c1-4-16-21-14-7-5-6-8-15(14)25(16)13(2)17(26)24-11-9-20(10-12-24)18(27)23(3)19(28)22-20/h5-8,13H,4,9-12H2,1-3H3,(H,22,28)/t13-/m0/s1. The van der Waals surface area contributed by atoms with E-state index in [1.54, 1.807) is 4.90 Å². The number of likely N-dealkylation sites (tertiary alicyclic amines) is 1. The summed E-state index contributed by atoms with van der Waals surface area (Å²) in [7, 11) is 1.49. The lowest BCUT2D eigenvalue weighted by molar-refractivity contribution is -0.139. The van der Waals surface area contributed by atoms with Crippen LogP contribution in [-0.4, -0.2) is 62.9 Å². The Morgan fingerprint density at radius 2 is 1.93 bits per heavy atom. The summed E-state index contributed by atoms with van der Waals surface area (Å²) in [6.07, 6.45) is 1.61. The van der Waals surface area contributed by atoms with Crippen LogP contribution in [-0.2, 0) is 16.0 Å². The van der Waals surface area contributed by atoms with Gasteiger partial charge in [-0.1, -0.05) is 19.1 Å². The topological polar surface area (TPSA) is 87.5 Å². The molecule has 2 saturated heterocycles. The van der Waals surface area contributed by atoms with Crippen molar-refractivity contribution in [1.29, 1.82) is 0 Å². The van der Waals surface area contributed by atoms with Gasteiger partial charge in [-0.2, -0.15) is 0 Å². The maximum atomic E-state index is 13.2. The van der Waals surface area contributed by atoms with Crippen LogP contribution in [0.25, 0.3) is 11.0 Å². The molecular weight excluding hydrogens is 358 g/mol. The molecule has 1 aromatic carbocycles. The van der Waals surface area contributed by atoms with E-state index >= 15 is 0 Å². The maximum Gasteiger partial charge on any atom is 0.324 e. The highest BCUT2D eigenvalue weighted by atomic mass is 16.2. The van der Waals surface area contributed by atoms with E-state index in [-0.39, 0.29) is 23.9 Å². The summed E-state index contributed by atoms with van der Waals surface area (Å²) in [5.74, 6) is 0.694. The van der Waals surface area contributed by atoms with Crippen LogP contribution < -0.4 is 5.32 Å². The lowest BCUT2D eigenvalue weighted by Crippen LogP contribution is -2.56. The fraction of sp³-hybridized carbons (Fsp3) is 0.500. The first-order valence-electron chi connectivity index (χ1n) is 9.73. The van der Waals surface area contributed by atoms with Gasteiger partial charge in [0.15, 0.2) is 0 Å². The molecule has 148 valence electrons. The predicted octanol–water partition coefficient (Wildman–Crippen LogP) is 1.70. The van der Waals surface area contributed by atoms with Crippen LogP contribution in [0.2, 0.25) is 0 Å². The Labute approximate surface area is 163 Å². The van der Waals surface area contributed by atoms with Crippen LogP contribution in [0.15, 0.2) is 24.3 Å². The Balaban J connectivity index is 1.54. The summed E-state index contributed by atoms with van der Waals surface area (Å²) in [4.78, 5) is 45.1. The summed E-state index contributed by atoms with van der Waals surface area (Å²) < 4.78 is 2.01. The number of aryl methyl sites for hydroxylation is 1. The van der Waals surface area contributed by atoms with Gasteiger partial charge >= 0.3 is 6.03 Å². The van der Waals surface area contributed by atoms with Gasteiger partial charge in [0.2, 0.25) is 5.91 Å². The number of rotatable bonds is 3. The average Bonchev–Trinajstić information content (AvgIpc) is 3.19. The number of likely N-dealkylation sites (N-methyl/N-ethyl adjacent to an activating group) is 1. The van der Waals surface area contributed by atoms with Gasteiger partial charge in [0.05, 0.1) is 11.0 Å². The molecule has 28 heavy (non-hydrogen) atoms. The number of nitrogens with one attached hydrogen (secondary N) is 1. The molecule has 1 atom stereocenters. The number of carbonyl (C=O) groups is 3. The highest BCUT2D eigenvalue weighted by molar-refractivity contribution is 6.06. The third kappa shape index (κ3) is 2.66. The second kappa shape index (κ2) is 6.61. The van der Waals surface area contributed by atoms with E-state index in [1.165, 1.54) is 7.05 Å². The maximum absolute atomic E-state index is 13.2. The molecule has 2 aromatic rings. The molecule has 4 amide bonds. The monoisotopic (exact) mass is 383 g/mol. The smallest absolute Gasteiger partial charge is 0.324 e. The second-order valence-corrected chi connectivity index (χ2v) is 7.62. The SMILES string of the molecule is CCc1nc2ccccc2n1[C@@H](C)C(=O)N1CCC2(CC1)NC(=O)N(C)C2=O. The second-order valence-electron chi connectivity index (χ2n) is 7.62. The van der Waals surface area contributed by atoms with Gasteiger partial charge in [0.1, 0.15) is 17.4 Å². The summed E-state index contributed by atoms with van der Waals surface area (Å²) in [5.41, 5.74) is 0.981. The van der Waals surface area contributed by atoms with E-state index in [2.05, 4.69) is 10.3 Å². The molecule has 1 N–H and O–H groups in total. The Bertz CT molecular complexity index is 958. The molecular formula is C20H25N5O3. The zero-order valence-corrected chi connectivity index (χ0v) is 16.4. The van der Waals surface area contributed by atoms with Crippen molar-refractivity contribution >= 4 is 28.9 Å². The number of aromatic nitrogens is 2. The molecule has 0 radical (unpaired) electrons. The molecule has 8 heteroatoms. The van der Waals surface area contributed by atoms with Crippen molar-refractivity contribution in [3.05, 3.63) is 30.1 Å². The average molecular weight is 383 g/mol. The minimum absolute atomic E-state index is 0.0119. The van der Waals surface area contributed by atoms with E-state index in [0.717, 1.165) is 28.2 Å². The van der Waals surface area contributed by atoms with Crippen molar-refractivity contribution in [2.45, 2.75) is 44.7 Å². The number of imide groups is 1. The quantitative estimate of drug-likeness (QED) is 0.818. The summed E-state index contributed by atoms with van der Waals surface area (Å²) in [5, 5.41) is 2.81. The summed E-state index contributed by atoms with van der Waals surface area (Å²) in [6.45, 7) is 4.81. The number of piperidine rings is 1. The van der Waals surface area contributed by atoms with E-state index in [1.807, 2.05) is 42.7 Å². The largest absolute Gasteiger partial charge is 0.341 e. The third-order valence-corrected chi connectivity index (χ3v) is 6.02. The molecule has 2 aliphatic heterocycles. The minimum Gasteiger partial charge on any atom is -0.341 e. The first-order chi connectivity index (χ1) is 13.4. The van der Waals surface area contributed by atoms with Gasteiger partial charge in [-0.05, 0) is 31.9 Å². The summed E-state index contributed by atoms with van der Waals surface area (Å²) in [6, 6.07) is 7.09. The van der Waals surface area contributed by atoms with Crippen molar-refractivity contribution in [1.82, 2.24) is 24.7 Å². The number of benzene rings is 1. The molecule has 1 aromatic heterocycles. The molecule has 3 heterocycles. The molecule has 1 spiro atoms. The molecule has 0 unspecified atom stereocenters. The van der Waals surface area contributed by atoms with Crippen molar-refractivity contribution in [3.63, 3.8) is 0 Å². The number of imidazole rings is 1. The van der Waals surface area contributed by atoms with Gasteiger partial charge < -0.3 is 14.8 Å². The lowest BCUT2D eigenvalue weighted by Gasteiger charge is -2.38. The first-order valence-corrected chi connectivity index (χ1v) is 9.73. The van der Waals surface area contributed by atoms with Crippen LogP contribution in [0.5, 0.6) is 0 Å². The van der Waals surface area contributed by atoms with Crippen molar-refractivity contribution in [3.8, 4) is 0 Å². The highest BCUT2D eigenvalue weighted by Crippen LogP contribution is 2.30. The van der Waals surface area contributed by atoms with E-state index in [4.69, 9.17) is 0 Å². The number of nitrogens with zero attached hydrogens (tertiary/aromatic N) is 4. The predicted molar refractivity (Wildman–Crippen MR) is 104 cm³/mol. The lowest BCUT2D eigenvalue weighted by atomic mass is 9.87. The normalized spacial score (nSPS) is 20.1. The van der Waals surface area contributed by atoms with Crippen molar-refractivity contribution in [2.75, 3.05) is 20.1 Å². The zero-order valence-electron chi connectivity index (χ0n) is 16.4. The van der Waals surface area contributed by atoms with Crippen LogP contribution >= 0.6 is 0 Å². The number of hydrogen-bond acceptors (Lipinski definition) is 4. The zero-order chi connectivity index (χ0) is 20.1. The molecule has 0 aliphatic carbocycles. The first kappa shape index (κ1) is 18.5. The van der Waals surface area contributed by atoms with Crippen LogP contribution in [0.4, 0.5) is 4.79 Å². The number of para-hydroxylation sites is 2. The van der Waals surface area contributed by atoms with Crippen LogP contribution in [0.3, 0.4) is 0 Å². The van der Waals surface area contributed by atoms with Crippen molar-refractivity contribution < 1.29 is 14.4 Å². The Morgan fingerprint density at radius 1 is 1.25 bits per heavy atom. The molecule has 2 aliphatic rings. The van der Waals surface area contributed by atoms with Gasteiger partial charge in [-0.3, -0.25) is 14.5 Å². The number of urea groups is 1. The number of amides is 4. The van der Waals surface area contributed by atoms with Crippen molar-refractivity contribution in [2.24, 2.45) is 0 Å². The molecule has 2 fully saturated rings. The van der Waals surface area contributed by atoms with Crippen LogP contribution in [0, 0.1) is 0 Å². The number of fused-ring (bicyclic) bond motifs is 1. The van der Waals surface area contributed by atoms with Gasteiger partial charge in [0, 0.05) is 26.6 Å². The van der Waals surface area contributed by atoms with Gasteiger partial charge in [0.25, 0.3) is 5.91 Å². The molecule has 0 bridgehead atoms. The number of carbonyl (C=O) groups excluding carboxylic acids is 3. The molecule has 0 saturated carbocycles. The number of hydrogen-bond donors (Lipinski definition) is 1. The van der Waals surface area contributed by atoms with E-state index < -0.39 is 5.54 Å². The Morgan fingerprint density at radius 3 is 2.54 bits per heavy atom.